The van der Waals surface area contributed by atoms with Crippen molar-refractivity contribution in [2.75, 3.05) is 25.1 Å². The van der Waals surface area contributed by atoms with Crippen molar-refractivity contribution in [3.8, 4) is 0 Å². The molecule has 0 aliphatic carbocycles. The number of nitrogens with zero attached hydrogens (tertiary/aromatic N) is 1. The zero-order valence-electron chi connectivity index (χ0n) is 15.0. The summed E-state index contributed by atoms with van der Waals surface area (Å²) in [7, 11) is 0. The molecular weight excluding hydrogens is 354 g/mol. The van der Waals surface area contributed by atoms with Crippen molar-refractivity contribution in [1.82, 2.24) is 10.5 Å². The third kappa shape index (κ3) is 4.44. The summed E-state index contributed by atoms with van der Waals surface area (Å²) >= 11 is 6.20. The molecule has 0 bridgehead atoms. The van der Waals surface area contributed by atoms with Crippen molar-refractivity contribution >= 4 is 23.4 Å². The average molecular weight is 378 g/mol. The number of ether oxygens (including phenoxy) is 1. The van der Waals surface area contributed by atoms with E-state index in [1.54, 1.807) is 13.0 Å². The van der Waals surface area contributed by atoms with Crippen LogP contribution in [-0.2, 0) is 14.9 Å². The molecule has 2 heterocycles. The maximum absolute atomic E-state index is 12.4. The van der Waals surface area contributed by atoms with E-state index in [9.17, 15) is 4.79 Å². The maximum atomic E-state index is 12.4. The standard InChI is InChI=1S/C19H24ClN3O3/c1-13-10-17(26-23-13)22-18(24)14(2)21-12-19(6-8-25-9-7-19)15-4-3-5-16(20)11-15/h3-5,10-11,14,21H,6-9,12H2,1-2H3,(H,22,24). The highest BCUT2D eigenvalue weighted by molar-refractivity contribution is 6.30. The second-order valence-corrected chi connectivity index (χ2v) is 7.26. The number of carbonyl (C=O) groups is 1. The second-order valence-electron chi connectivity index (χ2n) is 6.83. The molecule has 0 spiro atoms. The third-order valence-electron chi connectivity index (χ3n) is 4.90. The Morgan fingerprint density at radius 2 is 2.12 bits per heavy atom. The number of rotatable bonds is 6. The van der Waals surface area contributed by atoms with E-state index in [1.807, 2.05) is 25.1 Å². The largest absolute Gasteiger partial charge is 0.381 e. The van der Waals surface area contributed by atoms with Crippen molar-refractivity contribution in [3.63, 3.8) is 0 Å². The fourth-order valence-corrected chi connectivity index (χ4v) is 3.43. The van der Waals surface area contributed by atoms with Gasteiger partial charge in [0.2, 0.25) is 11.8 Å². The lowest BCUT2D eigenvalue weighted by atomic mass is 9.74. The van der Waals surface area contributed by atoms with Crippen LogP contribution in [0.2, 0.25) is 5.02 Å². The fourth-order valence-electron chi connectivity index (χ4n) is 3.24. The highest BCUT2D eigenvalue weighted by atomic mass is 35.5. The van der Waals surface area contributed by atoms with Crippen LogP contribution in [0.5, 0.6) is 0 Å². The molecule has 1 amide bonds. The summed E-state index contributed by atoms with van der Waals surface area (Å²) in [4.78, 5) is 12.4. The molecule has 1 aliphatic rings. The number of aryl methyl sites for hydroxylation is 1. The molecule has 1 saturated heterocycles. The quantitative estimate of drug-likeness (QED) is 0.807. The van der Waals surface area contributed by atoms with E-state index >= 15 is 0 Å². The molecule has 2 N–H and O–H groups in total. The third-order valence-corrected chi connectivity index (χ3v) is 5.14. The first kappa shape index (κ1) is 18.9. The van der Waals surface area contributed by atoms with E-state index < -0.39 is 0 Å². The molecule has 1 unspecified atom stereocenters. The van der Waals surface area contributed by atoms with Gasteiger partial charge in [0.25, 0.3) is 0 Å². The molecule has 1 aliphatic heterocycles. The van der Waals surface area contributed by atoms with Crippen molar-refractivity contribution in [3.05, 3.63) is 46.6 Å². The van der Waals surface area contributed by atoms with Crippen LogP contribution in [0.15, 0.2) is 34.9 Å². The van der Waals surface area contributed by atoms with E-state index in [4.69, 9.17) is 20.9 Å². The molecule has 6 nitrogen and oxygen atoms in total. The molecular formula is C19H24ClN3O3. The molecule has 1 fully saturated rings. The van der Waals surface area contributed by atoms with Gasteiger partial charge in [-0.15, -0.1) is 0 Å². The number of halogens is 1. The lowest BCUT2D eigenvalue weighted by molar-refractivity contribution is -0.118. The van der Waals surface area contributed by atoms with Gasteiger partial charge in [-0.05, 0) is 44.4 Å². The first-order chi connectivity index (χ1) is 12.5. The SMILES string of the molecule is Cc1cc(NC(=O)C(C)NCC2(c3cccc(Cl)c3)CCOCC2)on1. The number of hydrogen-bond acceptors (Lipinski definition) is 5. The number of amides is 1. The summed E-state index contributed by atoms with van der Waals surface area (Å²) in [6.07, 6.45) is 1.77. The van der Waals surface area contributed by atoms with Crippen molar-refractivity contribution in [2.24, 2.45) is 0 Å². The van der Waals surface area contributed by atoms with Crippen molar-refractivity contribution < 1.29 is 14.1 Å². The summed E-state index contributed by atoms with van der Waals surface area (Å²) in [6, 6.07) is 9.27. The van der Waals surface area contributed by atoms with Crippen LogP contribution in [0.3, 0.4) is 0 Å². The molecule has 0 saturated carbocycles. The van der Waals surface area contributed by atoms with Crippen LogP contribution in [0.25, 0.3) is 0 Å². The Labute approximate surface area is 158 Å². The Hall–Kier alpha value is -1.89. The van der Waals surface area contributed by atoms with Gasteiger partial charge in [0, 0.05) is 36.3 Å². The predicted molar refractivity (Wildman–Crippen MR) is 101 cm³/mol. The Balaban J connectivity index is 1.66. The Kier molecular flexibility index (Phi) is 5.96. The van der Waals surface area contributed by atoms with Crippen LogP contribution in [0.1, 0.15) is 31.0 Å². The van der Waals surface area contributed by atoms with Crippen LogP contribution in [0.4, 0.5) is 5.88 Å². The molecule has 2 aromatic rings. The number of benzene rings is 1. The van der Waals surface area contributed by atoms with Crippen LogP contribution in [0, 0.1) is 6.92 Å². The minimum absolute atomic E-state index is 0.0967. The summed E-state index contributed by atoms with van der Waals surface area (Å²) in [5, 5.41) is 10.6. The smallest absolute Gasteiger partial charge is 0.243 e. The van der Waals surface area contributed by atoms with Gasteiger partial charge in [0.05, 0.1) is 11.7 Å². The van der Waals surface area contributed by atoms with Gasteiger partial charge < -0.3 is 14.6 Å². The zero-order valence-corrected chi connectivity index (χ0v) is 15.8. The number of carbonyl (C=O) groups excluding carboxylic acids is 1. The van der Waals surface area contributed by atoms with Crippen molar-refractivity contribution in [2.45, 2.75) is 38.1 Å². The lowest BCUT2D eigenvalue weighted by Crippen LogP contribution is -2.48. The normalized spacial score (nSPS) is 17.7. The predicted octanol–water partition coefficient (Wildman–Crippen LogP) is 3.30. The topological polar surface area (TPSA) is 76.4 Å². The zero-order chi connectivity index (χ0) is 18.6. The minimum Gasteiger partial charge on any atom is -0.381 e. The summed E-state index contributed by atoms with van der Waals surface area (Å²) in [5.74, 6) is 0.200. The molecule has 140 valence electrons. The highest BCUT2D eigenvalue weighted by Crippen LogP contribution is 2.35. The maximum Gasteiger partial charge on any atom is 0.243 e. The number of hydrogen-bond donors (Lipinski definition) is 2. The van der Waals surface area contributed by atoms with Crippen LogP contribution < -0.4 is 10.6 Å². The number of nitrogens with one attached hydrogen (secondary N) is 2. The first-order valence-corrected chi connectivity index (χ1v) is 9.18. The van der Waals surface area contributed by atoms with Gasteiger partial charge in [-0.2, -0.15) is 0 Å². The van der Waals surface area contributed by atoms with Gasteiger partial charge in [0.1, 0.15) is 0 Å². The summed E-state index contributed by atoms with van der Waals surface area (Å²) < 4.78 is 10.6. The molecule has 1 aromatic carbocycles. The monoisotopic (exact) mass is 377 g/mol. The molecule has 1 atom stereocenters. The number of anilines is 1. The van der Waals surface area contributed by atoms with E-state index in [0.29, 0.717) is 25.6 Å². The molecule has 26 heavy (non-hydrogen) atoms. The van der Waals surface area contributed by atoms with Gasteiger partial charge in [-0.3, -0.25) is 10.1 Å². The van der Waals surface area contributed by atoms with E-state index in [0.717, 1.165) is 23.6 Å². The van der Waals surface area contributed by atoms with E-state index in [2.05, 4.69) is 21.9 Å². The van der Waals surface area contributed by atoms with Crippen LogP contribution >= 0.6 is 11.6 Å². The molecule has 0 radical (unpaired) electrons. The molecule has 3 rings (SSSR count). The van der Waals surface area contributed by atoms with E-state index in [1.165, 1.54) is 5.56 Å². The summed E-state index contributed by atoms with van der Waals surface area (Å²) in [5.41, 5.74) is 1.81. The van der Waals surface area contributed by atoms with Gasteiger partial charge in [-0.25, -0.2) is 0 Å². The van der Waals surface area contributed by atoms with Crippen molar-refractivity contribution in [1.29, 1.82) is 0 Å². The molecule has 7 heteroatoms. The van der Waals surface area contributed by atoms with E-state index in [-0.39, 0.29) is 17.4 Å². The van der Waals surface area contributed by atoms with Gasteiger partial charge in [-0.1, -0.05) is 28.9 Å². The summed E-state index contributed by atoms with van der Waals surface area (Å²) in [6.45, 7) is 5.71. The highest BCUT2D eigenvalue weighted by Gasteiger charge is 2.35. The van der Waals surface area contributed by atoms with Crippen LogP contribution in [-0.4, -0.2) is 36.9 Å². The first-order valence-electron chi connectivity index (χ1n) is 8.80. The van der Waals surface area contributed by atoms with Gasteiger partial charge >= 0.3 is 0 Å². The Bertz CT molecular complexity index is 756. The second kappa shape index (κ2) is 8.20. The minimum atomic E-state index is -0.376. The number of aromatic nitrogens is 1. The molecule has 1 aromatic heterocycles. The van der Waals surface area contributed by atoms with Gasteiger partial charge in [0.15, 0.2) is 0 Å². The fraction of sp³-hybridized carbons (Fsp3) is 0.474. The Morgan fingerprint density at radius 1 is 1.35 bits per heavy atom. The Morgan fingerprint density at radius 3 is 2.77 bits per heavy atom. The average Bonchev–Trinajstić information content (AvgIpc) is 3.05. The lowest BCUT2D eigenvalue weighted by Gasteiger charge is -2.38.